The maximum absolute atomic E-state index is 5.94. The van der Waals surface area contributed by atoms with Crippen LogP contribution in [0.15, 0.2) is 30.6 Å². The summed E-state index contributed by atoms with van der Waals surface area (Å²) in [5.41, 5.74) is 14.2. The monoisotopic (exact) mass is 298 g/mol. The molecule has 0 bridgehead atoms. The van der Waals surface area contributed by atoms with Crippen molar-refractivity contribution in [1.29, 1.82) is 0 Å². The molecule has 0 radical (unpaired) electrons. The van der Waals surface area contributed by atoms with Gasteiger partial charge in [-0.05, 0) is 18.1 Å². The number of hydrogen-bond acceptors (Lipinski definition) is 6. The number of ether oxygens (including phenoxy) is 1. The lowest BCUT2D eigenvalue weighted by Crippen LogP contribution is -2.03. The van der Waals surface area contributed by atoms with Gasteiger partial charge in [-0.15, -0.1) is 0 Å². The van der Waals surface area contributed by atoms with Crippen LogP contribution in [0.3, 0.4) is 0 Å². The summed E-state index contributed by atoms with van der Waals surface area (Å²) in [4.78, 5) is 8.02. The van der Waals surface area contributed by atoms with Crippen molar-refractivity contribution in [3.8, 4) is 11.1 Å². The van der Waals surface area contributed by atoms with Crippen LogP contribution in [0.2, 0.25) is 0 Å². The Balaban J connectivity index is 1.99. The molecular weight excluding hydrogens is 280 g/mol. The second-order valence-electron chi connectivity index (χ2n) is 5.01. The highest BCUT2D eigenvalue weighted by atomic mass is 16.5. The van der Waals surface area contributed by atoms with Crippen LogP contribution in [0, 0.1) is 0 Å². The van der Waals surface area contributed by atoms with Crippen LogP contribution in [0.5, 0.6) is 0 Å². The van der Waals surface area contributed by atoms with Gasteiger partial charge in [0.15, 0.2) is 0 Å². The first-order valence-electron chi connectivity index (χ1n) is 7.02. The van der Waals surface area contributed by atoms with E-state index in [9.17, 15) is 0 Å². The third kappa shape index (κ3) is 2.71. The van der Waals surface area contributed by atoms with E-state index in [1.54, 1.807) is 13.3 Å². The molecule has 7 nitrogen and oxygen atoms in total. The van der Waals surface area contributed by atoms with Crippen molar-refractivity contribution in [2.24, 2.45) is 0 Å². The van der Waals surface area contributed by atoms with Crippen molar-refractivity contribution >= 4 is 22.7 Å². The summed E-state index contributed by atoms with van der Waals surface area (Å²) in [7, 11) is 1.70. The van der Waals surface area contributed by atoms with E-state index < -0.39 is 0 Å². The second kappa shape index (κ2) is 5.98. The first-order valence-corrected chi connectivity index (χ1v) is 7.02. The molecule has 0 spiro atoms. The minimum Gasteiger partial charge on any atom is -0.385 e. The molecule has 0 aliphatic rings. The van der Waals surface area contributed by atoms with E-state index in [2.05, 4.69) is 15.1 Å². The zero-order valence-electron chi connectivity index (χ0n) is 12.4. The van der Waals surface area contributed by atoms with Crippen molar-refractivity contribution in [2.45, 2.75) is 13.0 Å². The minimum absolute atomic E-state index is 0.173. The number of methoxy groups -OCH3 is 1. The van der Waals surface area contributed by atoms with Gasteiger partial charge < -0.3 is 16.2 Å². The van der Waals surface area contributed by atoms with Gasteiger partial charge in [0.1, 0.15) is 5.82 Å². The number of anilines is 2. The van der Waals surface area contributed by atoms with Crippen LogP contribution in [0.25, 0.3) is 22.0 Å². The average molecular weight is 298 g/mol. The molecule has 3 aromatic rings. The Morgan fingerprint density at radius 3 is 2.86 bits per heavy atom. The summed E-state index contributed by atoms with van der Waals surface area (Å²) in [6.07, 6.45) is 4.41. The normalized spacial score (nSPS) is 11.1. The number of aryl methyl sites for hydroxylation is 1. The van der Waals surface area contributed by atoms with Crippen LogP contribution in [-0.4, -0.2) is 33.5 Å². The summed E-state index contributed by atoms with van der Waals surface area (Å²) in [5, 5.41) is 5.50. The van der Waals surface area contributed by atoms with E-state index in [-0.39, 0.29) is 5.95 Å². The van der Waals surface area contributed by atoms with Gasteiger partial charge in [0.25, 0.3) is 0 Å². The molecule has 0 aliphatic carbocycles. The molecule has 0 aliphatic heterocycles. The van der Waals surface area contributed by atoms with E-state index in [0.717, 1.165) is 35.0 Å². The summed E-state index contributed by atoms with van der Waals surface area (Å²) in [6.45, 7) is 1.51. The number of rotatable bonds is 5. The van der Waals surface area contributed by atoms with E-state index >= 15 is 0 Å². The maximum Gasteiger partial charge on any atom is 0.221 e. The highest BCUT2D eigenvalue weighted by molar-refractivity contribution is 5.86. The molecule has 4 N–H and O–H groups in total. The third-order valence-electron chi connectivity index (χ3n) is 3.51. The molecule has 0 unspecified atom stereocenters. The fraction of sp³-hybridized carbons (Fsp3) is 0.267. The molecule has 22 heavy (non-hydrogen) atoms. The predicted molar refractivity (Wildman–Crippen MR) is 86.1 cm³/mol. The van der Waals surface area contributed by atoms with Crippen molar-refractivity contribution in [3.05, 3.63) is 30.6 Å². The Morgan fingerprint density at radius 1 is 1.23 bits per heavy atom. The molecule has 0 saturated heterocycles. The molecule has 0 saturated carbocycles. The maximum atomic E-state index is 5.94. The predicted octanol–water partition coefficient (Wildman–Crippen LogP) is 1.69. The smallest absolute Gasteiger partial charge is 0.221 e. The molecule has 114 valence electrons. The zero-order valence-corrected chi connectivity index (χ0v) is 12.4. The Bertz CT molecular complexity index is 798. The quantitative estimate of drug-likeness (QED) is 0.694. The van der Waals surface area contributed by atoms with Crippen LogP contribution in [0.4, 0.5) is 11.8 Å². The van der Waals surface area contributed by atoms with Crippen molar-refractivity contribution < 1.29 is 4.74 Å². The summed E-state index contributed by atoms with van der Waals surface area (Å²) in [5.74, 6) is 0.546. The number of hydrogen-bond donors (Lipinski definition) is 2. The minimum atomic E-state index is 0.173. The van der Waals surface area contributed by atoms with E-state index in [1.165, 1.54) is 0 Å². The molecule has 2 aromatic heterocycles. The van der Waals surface area contributed by atoms with Gasteiger partial charge in [-0.3, -0.25) is 4.68 Å². The molecule has 2 heterocycles. The molecule has 0 fully saturated rings. The SMILES string of the molecule is COCCCn1ncc2ccc(-c3cnc(N)nc3N)cc21. The number of nitrogens with zero attached hydrogens (tertiary/aromatic N) is 4. The van der Waals surface area contributed by atoms with Crippen LogP contribution in [-0.2, 0) is 11.3 Å². The van der Waals surface area contributed by atoms with E-state index in [0.29, 0.717) is 12.4 Å². The standard InChI is InChI=1S/C15H18N6O/c1-22-6-2-5-21-13-7-10(3-4-11(13)8-19-21)12-9-18-15(17)20-14(12)16/h3-4,7-9H,2,5-6H2,1H3,(H4,16,17,18,20). The lowest BCUT2D eigenvalue weighted by molar-refractivity contribution is 0.189. The lowest BCUT2D eigenvalue weighted by atomic mass is 10.1. The van der Waals surface area contributed by atoms with Gasteiger partial charge in [0.2, 0.25) is 5.95 Å². The first-order chi connectivity index (χ1) is 10.7. The van der Waals surface area contributed by atoms with Gasteiger partial charge in [0, 0.05) is 37.4 Å². The Labute approximate surface area is 127 Å². The lowest BCUT2D eigenvalue weighted by Gasteiger charge is -2.07. The number of fused-ring (bicyclic) bond motifs is 1. The van der Waals surface area contributed by atoms with Crippen LogP contribution < -0.4 is 11.5 Å². The van der Waals surface area contributed by atoms with Crippen molar-refractivity contribution in [1.82, 2.24) is 19.7 Å². The van der Waals surface area contributed by atoms with Crippen molar-refractivity contribution in [2.75, 3.05) is 25.2 Å². The zero-order chi connectivity index (χ0) is 15.5. The Morgan fingerprint density at radius 2 is 2.09 bits per heavy atom. The third-order valence-corrected chi connectivity index (χ3v) is 3.51. The van der Waals surface area contributed by atoms with Crippen molar-refractivity contribution in [3.63, 3.8) is 0 Å². The van der Waals surface area contributed by atoms with Gasteiger partial charge in [0.05, 0.1) is 11.7 Å². The highest BCUT2D eigenvalue weighted by Crippen LogP contribution is 2.27. The Hall–Kier alpha value is -2.67. The number of aromatic nitrogens is 4. The van der Waals surface area contributed by atoms with Gasteiger partial charge >= 0.3 is 0 Å². The van der Waals surface area contributed by atoms with Gasteiger partial charge in [-0.25, -0.2) is 4.98 Å². The largest absolute Gasteiger partial charge is 0.385 e. The Kier molecular flexibility index (Phi) is 3.88. The molecule has 1 aromatic carbocycles. The van der Waals surface area contributed by atoms with E-state index in [4.69, 9.17) is 16.2 Å². The number of nitrogen functional groups attached to an aromatic ring is 2. The summed E-state index contributed by atoms with van der Waals surface area (Å²) >= 11 is 0. The van der Waals surface area contributed by atoms with Gasteiger partial charge in [-0.2, -0.15) is 10.1 Å². The average Bonchev–Trinajstić information content (AvgIpc) is 2.90. The van der Waals surface area contributed by atoms with E-state index in [1.807, 2.05) is 29.1 Å². The number of benzene rings is 1. The van der Waals surface area contributed by atoms with Crippen LogP contribution >= 0.6 is 0 Å². The molecule has 0 atom stereocenters. The fourth-order valence-corrected chi connectivity index (χ4v) is 2.41. The number of nitrogens with two attached hydrogens (primary N) is 2. The summed E-state index contributed by atoms with van der Waals surface area (Å²) < 4.78 is 7.05. The highest BCUT2D eigenvalue weighted by Gasteiger charge is 2.09. The fourth-order valence-electron chi connectivity index (χ4n) is 2.41. The first kappa shape index (κ1) is 14.3. The second-order valence-corrected chi connectivity index (χ2v) is 5.01. The van der Waals surface area contributed by atoms with Crippen LogP contribution in [0.1, 0.15) is 6.42 Å². The topological polar surface area (TPSA) is 105 Å². The van der Waals surface area contributed by atoms with Gasteiger partial charge in [-0.1, -0.05) is 12.1 Å². The molecule has 0 amide bonds. The molecule has 7 heteroatoms. The molecule has 3 rings (SSSR count). The summed E-state index contributed by atoms with van der Waals surface area (Å²) in [6, 6.07) is 6.04. The molecular formula is C15H18N6O.